The van der Waals surface area contributed by atoms with E-state index >= 15 is 0 Å². The monoisotopic (exact) mass is 378 g/mol. The molecule has 6 heteroatoms. The van der Waals surface area contributed by atoms with E-state index in [1.807, 2.05) is 31.2 Å². The summed E-state index contributed by atoms with van der Waals surface area (Å²) in [4.78, 5) is 29.7. The molecule has 1 N–H and O–H groups in total. The third-order valence-corrected chi connectivity index (χ3v) is 4.56. The second-order valence-corrected chi connectivity index (χ2v) is 6.45. The fourth-order valence-electron chi connectivity index (χ4n) is 3.09. The van der Waals surface area contributed by atoms with Gasteiger partial charge in [0.15, 0.2) is 6.10 Å². The molecule has 0 fully saturated rings. The van der Waals surface area contributed by atoms with Gasteiger partial charge in [-0.2, -0.15) is 0 Å². The number of carbonyl (C=O) groups excluding carboxylic acids is 2. The lowest BCUT2D eigenvalue weighted by Gasteiger charge is -2.17. The summed E-state index contributed by atoms with van der Waals surface area (Å²) in [7, 11) is 1.52. The molecule has 0 bridgehead atoms. The first-order chi connectivity index (χ1) is 13.4. The number of nitrogens with one attached hydrogen (secondary N) is 1. The van der Waals surface area contributed by atoms with Gasteiger partial charge in [0.25, 0.3) is 5.91 Å². The highest BCUT2D eigenvalue weighted by Crippen LogP contribution is 2.25. The maximum atomic E-state index is 12.8. The number of amides is 1. The third-order valence-electron chi connectivity index (χ3n) is 4.56. The van der Waals surface area contributed by atoms with Crippen molar-refractivity contribution in [3.05, 3.63) is 65.4 Å². The summed E-state index contributed by atoms with van der Waals surface area (Å²) < 4.78 is 10.6. The average molecular weight is 378 g/mol. The minimum atomic E-state index is -0.984. The SMILES string of the molecule is COc1ccccc1NC(=O)[C@@H](C)OC(=O)c1c(C)nc2ccccc2c1C. The van der Waals surface area contributed by atoms with Gasteiger partial charge in [0.1, 0.15) is 5.75 Å². The van der Waals surface area contributed by atoms with Crippen LogP contribution in [0.5, 0.6) is 5.75 Å². The minimum Gasteiger partial charge on any atom is -0.495 e. The number of pyridine rings is 1. The quantitative estimate of drug-likeness (QED) is 0.678. The average Bonchev–Trinajstić information content (AvgIpc) is 2.68. The number of anilines is 1. The predicted molar refractivity (Wildman–Crippen MR) is 108 cm³/mol. The van der Waals surface area contributed by atoms with Crippen molar-refractivity contribution < 1.29 is 19.1 Å². The summed E-state index contributed by atoms with van der Waals surface area (Å²) in [5.41, 5.74) is 3.06. The molecule has 0 saturated heterocycles. The van der Waals surface area contributed by atoms with E-state index in [1.54, 1.807) is 31.2 Å². The van der Waals surface area contributed by atoms with Gasteiger partial charge < -0.3 is 14.8 Å². The molecule has 1 heterocycles. The van der Waals surface area contributed by atoms with E-state index in [9.17, 15) is 9.59 Å². The van der Waals surface area contributed by atoms with Crippen LogP contribution in [0.15, 0.2) is 48.5 Å². The van der Waals surface area contributed by atoms with E-state index in [-0.39, 0.29) is 0 Å². The number of aromatic nitrogens is 1. The number of esters is 1. The van der Waals surface area contributed by atoms with E-state index in [1.165, 1.54) is 14.0 Å². The Hall–Kier alpha value is -3.41. The molecule has 1 atom stereocenters. The van der Waals surface area contributed by atoms with Crippen LogP contribution in [0.4, 0.5) is 5.69 Å². The zero-order valence-electron chi connectivity index (χ0n) is 16.3. The summed E-state index contributed by atoms with van der Waals surface area (Å²) in [6.45, 7) is 5.14. The molecule has 0 aliphatic rings. The fourth-order valence-corrected chi connectivity index (χ4v) is 3.09. The first kappa shape index (κ1) is 19.4. The number of rotatable bonds is 5. The van der Waals surface area contributed by atoms with Gasteiger partial charge in [0.2, 0.25) is 0 Å². The smallest absolute Gasteiger partial charge is 0.341 e. The molecule has 144 valence electrons. The van der Waals surface area contributed by atoms with Crippen LogP contribution < -0.4 is 10.1 Å². The predicted octanol–water partition coefficient (Wildman–Crippen LogP) is 4.04. The van der Waals surface area contributed by atoms with Crippen LogP contribution in [0.3, 0.4) is 0 Å². The van der Waals surface area contributed by atoms with E-state index in [0.29, 0.717) is 22.7 Å². The normalized spacial score (nSPS) is 11.7. The molecular formula is C22H22N2O4. The van der Waals surface area contributed by atoms with Crippen LogP contribution in [0.25, 0.3) is 10.9 Å². The van der Waals surface area contributed by atoms with Gasteiger partial charge in [-0.1, -0.05) is 30.3 Å². The van der Waals surface area contributed by atoms with Crippen molar-refractivity contribution in [2.24, 2.45) is 0 Å². The van der Waals surface area contributed by atoms with Gasteiger partial charge in [-0.25, -0.2) is 4.79 Å². The molecule has 1 amide bonds. The number of carbonyl (C=O) groups is 2. The molecule has 3 rings (SSSR count). The second kappa shape index (κ2) is 8.08. The zero-order valence-corrected chi connectivity index (χ0v) is 16.3. The van der Waals surface area contributed by atoms with Gasteiger partial charge in [0.05, 0.1) is 29.6 Å². The van der Waals surface area contributed by atoms with Crippen LogP contribution >= 0.6 is 0 Å². The van der Waals surface area contributed by atoms with Crippen LogP contribution in [-0.2, 0) is 9.53 Å². The second-order valence-electron chi connectivity index (χ2n) is 6.45. The zero-order chi connectivity index (χ0) is 20.3. The van der Waals surface area contributed by atoms with E-state index < -0.39 is 18.0 Å². The Balaban J connectivity index is 1.79. The van der Waals surface area contributed by atoms with Gasteiger partial charge in [-0.3, -0.25) is 9.78 Å². The number of hydrogen-bond acceptors (Lipinski definition) is 5. The van der Waals surface area contributed by atoms with Crippen LogP contribution in [0.1, 0.15) is 28.5 Å². The Morgan fingerprint density at radius 3 is 2.46 bits per heavy atom. The number of fused-ring (bicyclic) bond motifs is 1. The van der Waals surface area contributed by atoms with Crippen molar-refractivity contribution in [2.75, 3.05) is 12.4 Å². The first-order valence-corrected chi connectivity index (χ1v) is 8.93. The van der Waals surface area contributed by atoms with E-state index in [0.717, 1.165) is 16.5 Å². The minimum absolute atomic E-state index is 0.385. The molecule has 1 aromatic heterocycles. The molecule has 0 spiro atoms. The lowest BCUT2D eigenvalue weighted by molar-refractivity contribution is -0.123. The Kier molecular flexibility index (Phi) is 5.59. The van der Waals surface area contributed by atoms with Gasteiger partial charge in [0, 0.05) is 5.39 Å². The first-order valence-electron chi connectivity index (χ1n) is 8.93. The summed E-state index contributed by atoms with van der Waals surface area (Å²) >= 11 is 0. The Morgan fingerprint density at radius 1 is 1.04 bits per heavy atom. The summed E-state index contributed by atoms with van der Waals surface area (Å²) in [5, 5.41) is 3.60. The van der Waals surface area contributed by atoms with Gasteiger partial charge >= 0.3 is 5.97 Å². The molecule has 0 unspecified atom stereocenters. The van der Waals surface area contributed by atoms with E-state index in [4.69, 9.17) is 9.47 Å². The standard InChI is InChI=1S/C22H22N2O4/c1-13-16-9-5-6-10-17(16)23-14(2)20(13)22(26)28-15(3)21(25)24-18-11-7-8-12-19(18)27-4/h5-12,15H,1-4H3,(H,24,25)/t15-/m1/s1. The van der Waals surface area contributed by atoms with Crippen molar-refractivity contribution >= 4 is 28.5 Å². The van der Waals surface area contributed by atoms with Gasteiger partial charge in [-0.05, 0) is 44.5 Å². The maximum absolute atomic E-state index is 12.8. The number of ether oxygens (including phenoxy) is 2. The molecule has 2 aromatic carbocycles. The Bertz CT molecular complexity index is 1050. The van der Waals surface area contributed by atoms with E-state index in [2.05, 4.69) is 10.3 Å². The highest BCUT2D eigenvalue weighted by Gasteiger charge is 2.23. The summed E-state index contributed by atoms with van der Waals surface area (Å²) in [6.07, 6.45) is -0.984. The number of nitrogens with zero attached hydrogens (tertiary/aromatic N) is 1. The number of aryl methyl sites for hydroxylation is 2. The number of para-hydroxylation sites is 3. The Labute approximate surface area is 163 Å². The molecule has 0 aliphatic carbocycles. The fraction of sp³-hybridized carbons (Fsp3) is 0.227. The molecule has 6 nitrogen and oxygen atoms in total. The molecule has 28 heavy (non-hydrogen) atoms. The summed E-state index contributed by atoms with van der Waals surface area (Å²) in [6, 6.07) is 14.6. The number of methoxy groups -OCH3 is 1. The van der Waals surface area contributed by atoms with Crippen molar-refractivity contribution in [2.45, 2.75) is 26.9 Å². The van der Waals surface area contributed by atoms with Crippen LogP contribution in [-0.4, -0.2) is 30.1 Å². The molecule has 0 saturated carbocycles. The molecule has 0 radical (unpaired) electrons. The lowest BCUT2D eigenvalue weighted by Crippen LogP contribution is -2.30. The highest BCUT2D eigenvalue weighted by molar-refractivity contribution is 6.01. The molecular weight excluding hydrogens is 356 g/mol. The molecule has 3 aromatic rings. The lowest BCUT2D eigenvalue weighted by atomic mass is 10.0. The molecule has 0 aliphatic heterocycles. The highest BCUT2D eigenvalue weighted by atomic mass is 16.5. The Morgan fingerprint density at radius 2 is 1.71 bits per heavy atom. The van der Waals surface area contributed by atoms with Crippen molar-refractivity contribution in [1.82, 2.24) is 4.98 Å². The number of benzene rings is 2. The van der Waals surface area contributed by atoms with Crippen molar-refractivity contribution in [1.29, 1.82) is 0 Å². The van der Waals surface area contributed by atoms with Crippen molar-refractivity contribution in [3.63, 3.8) is 0 Å². The summed E-state index contributed by atoms with van der Waals surface area (Å²) in [5.74, 6) is -0.488. The number of hydrogen-bond donors (Lipinski definition) is 1. The van der Waals surface area contributed by atoms with Crippen molar-refractivity contribution in [3.8, 4) is 5.75 Å². The van der Waals surface area contributed by atoms with Crippen LogP contribution in [0, 0.1) is 13.8 Å². The van der Waals surface area contributed by atoms with Gasteiger partial charge in [-0.15, -0.1) is 0 Å². The third kappa shape index (κ3) is 3.81. The largest absolute Gasteiger partial charge is 0.495 e. The maximum Gasteiger partial charge on any atom is 0.341 e. The van der Waals surface area contributed by atoms with Crippen LogP contribution in [0.2, 0.25) is 0 Å². The topological polar surface area (TPSA) is 77.5 Å².